The van der Waals surface area contributed by atoms with Gasteiger partial charge < -0.3 is 19.2 Å². The molecule has 1 amide bonds. The number of nitrogens with zero attached hydrogens (tertiary/aromatic N) is 1. The van der Waals surface area contributed by atoms with E-state index in [0.717, 1.165) is 0 Å². The van der Waals surface area contributed by atoms with E-state index in [-0.39, 0.29) is 24.5 Å². The number of carboxylic acids is 1. The molecule has 6 heteroatoms. The molecule has 0 spiro atoms. The second-order valence-corrected chi connectivity index (χ2v) is 4.91. The molecule has 1 aromatic heterocycles. The summed E-state index contributed by atoms with van der Waals surface area (Å²) >= 11 is 0. The van der Waals surface area contributed by atoms with Gasteiger partial charge in [0.15, 0.2) is 0 Å². The topological polar surface area (TPSA) is 80.0 Å². The average Bonchev–Trinajstić information content (AvgIpc) is 3.03. The molecular formula is C14H19NO5. The molecule has 1 aromatic rings. The normalized spacial score (nSPS) is 22.2. The van der Waals surface area contributed by atoms with E-state index in [1.165, 1.54) is 6.26 Å². The molecule has 2 rings (SSSR count). The Bertz CT molecular complexity index is 496. The molecule has 2 heterocycles. The van der Waals surface area contributed by atoms with Gasteiger partial charge in [-0.15, -0.1) is 0 Å². The van der Waals surface area contributed by atoms with Crippen LogP contribution in [0.2, 0.25) is 0 Å². The highest BCUT2D eigenvalue weighted by molar-refractivity contribution is 5.95. The minimum atomic E-state index is -0.910. The number of hydrogen-bond donors (Lipinski definition) is 1. The molecule has 6 nitrogen and oxygen atoms in total. The Morgan fingerprint density at radius 1 is 1.55 bits per heavy atom. The highest BCUT2D eigenvalue weighted by Gasteiger charge is 2.37. The van der Waals surface area contributed by atoms with Crippen LogP contribution in [-0.4, -0.2) is 47.7 Å². The molecular weight excluding hydrogens is 262 g/mol. The third-order valence-electron chi connectivity index (χ3n) is 3.68. The van der Waals surface area contributed by atoms with Crippen molar-refractivity contribution < 1.29 is 23.8 Å². The summed E-state index contributed by atoms with van der Waals surface area (Å²) in [5.41, 5.74) is 0.514. The van der Waals surface area contributed by atoms with Crippen LogP contribution in [0.3, 0.4) is 0 Å². The van der Waals surface area contributed by atoms with Gasteiger partial charge in [0.05, 0.1) is 24.4 Å². The average molecular weight is 281 g/mol. The molecule has 0 unspecified atom stereocenters. The van der Waals surface area contributed by atoms with Gasteiger partial charge in [0.25, 0.3) is 5.91 Å². The number of likely N-dealkylation sites (tertiary alicyclic amines) is 1. The van der Waals surface area contributed by atoms with E-state index in [4.69, 9.17) is 14.3 Å². The summed E-state index contributed by atoms with van der Waals surface area (Å²) in [7, 11) is 1.58. The zero-order valence-electron chi connectivity index (χ0n) is 11.7. The van der Waals surface area contributed by atoms with Gasteiger partial charge in [-0.25, -0.2) is 0 Å². The van der Waals surface area contributed by atoms with Crippen molar-refractivity contribution >= 4 is 11.9 Å². The zero-order chi connectivity index (χ0) is 14.7. The third kappa shape index (κ3) is 2.85. The van der Waals surface area contributed by atoms with Crippen LogP contribution in [0.15, 0.2) is 16.7 Å². The lowest BCUT2D eigenvalue weighted by Gasteiger charge is -2.23. The maximum absolute atomic E-state index is 12.6. The van der Waals surface area contributed by atoms with Crippen molar-refractivity contribution in [1.29, 1.82) is 0 Å². The van der Waals surface area contributed by atoms with E-state index >= 15 is 0 Å². The Balaban J connectivity index is 2.19. The molecule has 0 radical (unpaired) electrons. The van der Waals surface area contributed by atoms with Gasteiger partial charge in [-0.3, -0.25) is 9.59 Å². The number of methoxy groups -OCH3 is 1. The first kappa shape index (κ1) is 14.6. The number of aliphatic carboxylic acids is 1. The van der Waals surface area contributed by atoms with Crippen molar-refractivity contribution in [3.8, 4) is 0 Å². The van der Waals surface area contributed by atoms with Gasteiger partial charge in [0, 0.05) is 26.1 Å². The van der Waals surface area contributed by atoms with Crippen LogP contribution < -0.4 is 0 Å². The molecule has 110 valence electrons. The van der Waals surface area contributed by atoms with Crippen LogP contribution in [0.5, 0.6) is 0 Å². The molecule has 1 aliphatic rings. The minimum Gasteiger partial charge on any atom is -0.481 e. The van der Waals surface area contributed by atoms with Crippen molar-refractivity contribution in [1.82, 2.24) is 4.90 Å². The van der Waals surface area contributed by atoms with Crippen LogP contribution in [-0.2, 0) is 16.0 Å². The molecule has 0 aliphatic carbocycles. The van der Waals surface area contributed by atoms with Crippen LogP contribution in [0.4, 0.5) is 0 Å². The van der Waals surface area contributed by atoms with E-state index in [9.17, 15) is 9.59 Å². The zero-order valence-corrected chi connectivity index (χ0v) is 11.7. The van der Waals surface area contributed by atoms with Crippen molar-refractivity contribution in [2.45, 2.75) is 38.3 Å². The fourth-order valence-corrected chi connectivity index (χ4v) is 2.65. The van der Waals surface area contributed by atoms with Gasteiger partial charge in [-0.1, -0.05) is 6.92 Å². The summed E-state index contributed by atoms with van der Waals surface area (Å²) in [6.07, 6.45) is 2.49. The van der Waals surface area contributed by atoms with Gasteiger partial charge in [-0.2, -0.15) is 0 Å². The van der Waals surface area contributed by atoms with E-state index in [1.54, 1.807) is 18.1 Å². The first-order chi connectivity index (χ1) is 9.56. The largest absolute Gasteiger partial charge is 0.481 e. The van der Waals surface area contributed by atoms with Crippen LogP contribution >= 0.6 is 0 Å². The van der Waals surface area contributed by atoms with Gasteiger partial charge in [-0.05, 0) is 12.5 Å². The Hall–Kier alpha value is -1.82. The molecule has 20 heavy (non-hydrogen) atoms. The predicted octanol–water partition coefficient (Wildman–Crippen LogP) is 1.55. The first-order valence-corrected chi connectivity index (χ1v) is 6.68. The Kier molecular flexibility index (Phi) is 4.44. The van der Waals surface area contributed by atoms with Crippen molar-refractivity contribution in [3.05, 3.63) is 23.7 Å². The highest BCUT2D eigenvalue weighted by Crippen LogP contribution is 2.26. The van der Waals surface area contributed by atoms with Crippen molar-refractivity contribution in [2.75, 3.05) is 13.7 Å². The summed E-state index contributed by atoms with van der Waals surface area (Å²) in [6, 6.07) is 1.31. The predicted molar refractivity (Wildman–Crippen MR) is 70.6 cm³/mol. The smallest absolute Gasteiger partial charge is 0.305 e. The molecule has 0 saturated carbocycles. The number of amides is 1. The molecule has 1 fully saturated rings. The van der Waals surface area contributed by atoms with Gasteiger partial charge in [0.1, 0.15) is 5.76 Å². The molecule has 1 N–H and O–H groups in total. The van der Waals surface area contributed by atoms with Crippen molar-refractivity contribution in [2.24, 2.45) is 0 Å². The van der Waals surface area contributed by atoms with E-state index in [1.807, 2.05) is 6.92 Å². The van der Waals surface area contributed by atoms with Crippen molar-refractivity contribution in [3.63, 3.8) is 0 Å². The number of carboxylic acid groups (broad SMARTS) is 1. The highest BCUT2D eigenvalue weighted by atomic mass is 16.5. The first-order valence-electron chi connectivity index (χ1n) is 6.68. The fraction of sp³-hybridized carbons (Fsp3) is 0.571. The van der Waals surface area contributed by atoms with E-state index in [2.05, 4.69) is 0 Å². The molecule has 1 saturated heterocycles. The monoisotopic (exact) mass is 281 g/mol. The fourth-order valence-electron chi connectivity index (χ4n) is 2.65. The summed E-state index contributed by atoms with van der Waals surface area (Å²) < 4.78 is 10.5. The minimum absolute atomic E-state index is 0.0646. The second-order valence-electron chi connectivity index (χ2n) is 4.91. The summed E-state index contributed by atoms with van der Waals surface area (Å²) in [5, 5.41) is 8.97. The van der Waals surface area contributed by atoms with E-state index < -0.39 is 5.97 Å². The summed E-state index contributed by atoms with van der Waals surface area (Å²) in [4.78, 5) is 25.1. The molecule has 0 aromatic carbocycles. The third-order valence-corrected chi connectivity index (χ3v) is 3.68. The Morgan fingerprint density at radius 3 is 2.90 bits per heavy atom. The summed E-state index contributed by atoms with van der Waals surface area (Å²) in [6.45, 7) is 2.33. The quantitative estimate of drug-likeness (QED) is 0.885. The number of carbonyl (C=O) groups is 2. The van der Waals surface area contributed by atoms with Crippen LogP contribution in [0.1, 0.15) is 35.9 Å². The Morgan fingerprint density at radius 2 is 2.30 bits per heavy atom. The van der Waals surface area contributed by atoms with Gasteiger partial charge >= 0.3 is 5.97 Å². The Labute approximate surface area is 117 Å². The van der Waals surface area contributed by atoms with Crippen LogP contribution in [0.25, 0.3) is 0 Å². The van der Waals surface area contributed by atoms with Gasteiger partial charge in [0.2, 0.25) is 0 Å². The number of furan rings is 1. The lowest BCUT2D eigenvalue weighted by Crippen LogP contribution is -2.37. The number of rotatable bonds is 5. The maximum atomic E-state index is 12.6. The number of hydrogen-bond acceptors (Lipinski definition) is 4. The molecule has 0 bridgehead atoms. The number of aryl methyl sites for hydroxylation is 1. The molecule has 2 atom stereocenters. The summed E-state index contributed by atoms with van der Waals surface area (Å²) in [5.74, 6) is -0.459. The lowest BCUT2D eigenvalue weighted by molar-refractivity contribution is -0.137. The SMILES string of the molecule is CCc1occc1C(=O)N1C[C@H](OC)C[C@H]1CC(=O)O. The maximum Gasteiger partial charge on any atom is 0.305 e. The number of ether oxygens (including phenoxy) is 1. The lowest BCUT2D eigenvalue weighted by atomic mass is 10.1. The number of carbonyl (C=O) groups excluding carboxylic acids is 1. The van der Waals surface area contributed by atoms with Crippen LogP contribution in [0, 0.1) is 0 Å². The standard InChI is InChI=1S/C14H19NO5/c1-3-12-11(4-5-20-12)14(18)15-8-10(19-2)6-9(15)7-13(16)17/h4-5,9-10H,3,6-8H2,1-2H3,(H,16,17)/t9-,10+/m0/s1. The second kappa shape index (κ2) is 6.09. The van der Waals surface area contributed by atoms with E-state index in [0.29, 0.717) is 30.7 Å². The molecule has 1 aliphatic heterocycles.